The van der Waals surface area contributed by atoms with E-state index < -0.39 is 0 Å². The van der Waals surface area contributed by atoms with Crippen LogP contribution in [0.15, 0.2) is 48.5 Å². The molecule has 0 heterocycles. The Morgan fingerprint density at radius 2 is 1.86 bits per heavy atom. The summed E-state index contributed by atoms with van der Waals surface area (Å²) in [7, 11) is 0. The van der Waals surface area contributed by atoms with Gasteiger partial charge in [0.1, 0.15) is 12.4 Å². The van der Waals surface area contributed by atoms with Crippen molar-refractivity contribution in [3.8, 4) is 5.75 Å². The molecular formula is C19H23NO2. The molecule has 1 amide bonds. The van der Waals surface area contributed by atoms with E-state index in [0.717, 1.165) is 11.3 Å². The standard InChI is InChI=1S/C19H23NO2/c1-14(2)16-7-9-18(10-8-16)22-12-11-20-19(21)17-6-4-5-15(3)13-17/h4-10,13-14H,11-12H2,1-3H3,(H,20,21). The molecule has 3 nitrogen and oxygen atoms in total. The molecule has 0 aromatic heterocycles. The zero-order valence-electron chi connectivity index (χ0n) is 13.4. The first kappa shape index (κ1) is 16.1. The maximum Gasteiger partial charge on any atom is 0.251 e. The fraction of sp³-hybridized carbons (Fsp3) is 0.316. The van der Waals surface area contributed by atoms with Crippen molar-refractivity contribution in [2.75, 3.05) is 13.2 Å². The highest BCUT2D eigenvalue weighted by atomic mass is 16.5. The van der Waals surface area contributed by atoms with Gasteiger partial charge in [0.2, 0.25) is 0 Å². The maximum absolute atomic E-state index is 12.0. The second kappa shape index (κ2) is 7.64. The first-order chi connectivity index (χ1) is 10.6. The van der Waals surface area contributed by atoms with E-state index in [4.69, 9.17) is 4.74 Å². The summed E-state index contributed by atoms with van der Waals surface area (Å²) < 4.78 is 5.64. The minimum atomic E-state index is -0.0672. The lowest BCUT2D eigenvalue weighted by atomic mass is 10.0. The largest absolute Gasteiger partial charge is 0.492 e. The van der Waals surface area contributed by atoms with Crippen LogP contribution in [-0.2, 0) is 0 Å². The minimum Gasteiger partial charge on any atom is -0.492 e. The summed E-state index contributed by atoms with van der Waals surface area (Å²) in [5.41, 5.74) is 3.05. The molecule has 0 saturated carbocycles. The highest BCUT2D eigenvalue weighted by molar-refractivity contribution is 5.94. The fourth-order valence-corrected chi connectivity index (χ4v) is 2.17. The number of carbonyl (C=O) groups excluding carboxylic acids is 1. The average Bonchev–Trinajstić information content (AvgIpc) is 2.51. The summed E-state index contributed by atoms with van der Waals surface area (Å²) in [5, 5.41) is 2.86. The van der Waals surface area contributed by atoms with Crippen LogP contribution in [0.3, 0.4) is 0 Å². The number of aryl methyl sites for hydroxylation is 1. The average molecular weight is 297 g/mol. The Morgan fingerprint density at radius 3 is 2.50 bits per heavy atom. The van der Waals surface area contributed by atoms with Gasteiger partial charge in [-0.1, -0.05) is 43.7 Å². The molecule has 2 aromatic carbocycles. The van der Waals surface area contributed by atoms with Gasteiger partial charge >= 0.3 is 0 Å². The normalized spacial score (nSPS) is 10.5. The molecule has 0 aliphatic heterocycles. The molecule has 0 aliphatic rings. The molecule has 0 saturated heterocycles. The Labute approximate surface area is 132 Å². The van der Waals surface area contributed by atoms with Gasteiger partial charge in [-0.15, -0.1) is 0 Å². The van der Waals surface area contributed by atoms with Gasteiger partial charge < -0.3 is 10.1 Å². The van der Waals surface area contributed by atoms with Gasteiger partial charge in [-0.25, -0.2) is 0 Å². The predicted octanol–water partition coefficient (Wildman–Crippen LogP) is 3.93. The van der Waals surface area contributed by atoms with Gasteiger partial charge in [0, 0.05) is 5.56 Å². The van der Waals surface area contributed by atoms with Crippen LogP contribution in [0.5, 0.6) is 5.75 Å². The van der Waals surface area contributed by atoms with Crippen molar-refractivity contribution in [2.24, 2.45) is 0 Å². The third-order valence-electron chi connectivity index (χ3n) is 3.48. The van der Waals surface area contributed by atoms with Crippen LogP contribution in [0.25, 0.3) is 0 Å². The Morgan fingerprint density at radius 1 is 1.14 bits per heavy atom. The van der Waals surface area contributed by atoms with Crippen LogP contribution in [0.4, 0.5) is 0 Å². The third-order valence-corrected chi connectivity index (χ3v) is 3.48. The topological polar surface area (TPSA) is 38.3 Å². The van der Waals surface area contributed by atoms with E-state index in [2.05, 4.69) is 31.3 Å². The lowest BCUT2D eigenvalue weighted by molar-refractivity contribution is 0.0947. The van der Waals surface area contributed by atoms with Crippen LogP contribution >= 0.6 is 0 Å². The molecule has 116 valence electrons. The van der Waals surface area contributed by atoms with E-state index in [9.17, 15) is 4.79 Å². The summed E-state index contributed by atoms with van der Waals surface area (Å²) >= 11 is 0. The van der Waals surface area contributed by atoms with Crippen molar-refractivity contribution >= 4 is 5.91 Å². The highest BCUT2D eigenvalue weighted by Gasteiger charge is 2.04. The van der Waals surface area contributed by atoms with E-state index in [1.165, 1.54) is 5.56 Å². The zero-order chi connectivity index (χ0) is 15.9. The third kappa shape index (κ3) is 4.62. The minimum absolute atomic E-state index is 0.0672. The Hall–Kier alpha value is -2.29. The first-order valence-corrected chi connectivity index (χ1v) is 7.64. The lowest BCUT2D eigenvalue weighted by Gasteiger charge is -2.10. The van der Waals surface area contributed by atoms with Gasteiger partial charge in [-0.3, -0.25) is 4.79 Å². The van der Waals surface area contributed by atoms with Crippen molar-refractivity contribution < 1.29 is 9.53 Å². The number of hydrogen-bond donors (Lipinski definition) is 1. The molecule has 0 unspecified atom stereocenters. The van der Waals surface area contributed by atoms with Crippen LogP contribution in [0, 0.1) is 6.92 Å². The predicted molar refractivity (Wildman–Crippen MR) is 89.5 cm³/mol. The molecule has 0 aliphatic carbocycles. The summed E-state index contributed by atoms with van der Waals surface area (Å²) in [6.45, 7) is 7.24. The summed E-state index contributed by atoms with van der Waals surface area (Å²) in [6, 6.07) is 15.6. The van der Waals surface area contributed by atoms with Crippen molar-refractivity contribution in [3.63, 3.8) is 0 Å². The van der Waals surface area contributed by atoms with Crippen molar-refractivity contribution in [1.82, 2.24) is 5.32 Å². The smallest absolute Gasteiger partial charge is 0.251 e. The number of amides is 1. The molecule has 22 heavy (non-hydrogen) atoms. The molecule has 2 aromatic rings. The Bertz CT molecular complexity index is 618. The quantitative estimate of drug-likeness (QED) is 0.821. The number of ether oxygens (including phenoxy) is 1. The molecule has 2 rings (SSSR count). The van der Waals surface area contributed by atoms with E-state index in [0.29, 0.717) is 24.6 Å². The molecule has 0 fully saturated rings. The van der Waals surface area contributed by atoms with Crippen LogP contribution in [-0.4, -0.2) is 19.1 Å². The van der Waals surface area contributed by atoms with E-state index in [1.54, 1.807) is 0 Å². The number of rotatable bonds is 6. The molecule has 0 bridgehead atoms. The van der Waals surface area contributed by atoms with Crippen molar-refractivity contribution in [3.05, 3.63) is 65.2 Å². The lowest BCUT2D eigenvalue weighted by Crippen LogP contribution is -2.28. The molecule has 0 radical (unpaired) electrons. The number of nitrogens with one attached hydrogen (secondary N) is 1. The van der Waals surface area contributed by atoms with Gasteiger partial charge in [0.25, 0.3) is 5.91 Å². The van der Waals surface area contributed by atoms with E-state index >= 15 is 0 Å². The highest BCUT2D eigenvalue weighted by Crippen LogP contribution is 2.18. The second-order valence-electron chi connectivity index (χ2n) is 5.70. The second-order valence-corrected chi connectivity index (χ2v) is 5.70. The van der Waals surface area contributed by atoms with Gasteiger partial charge in [-0.2, -0.15) is 0 Å². The van der Waals surface area contributed by atoms with Crippen molar-refractivity contribution in [1.29, 1.82) is 0 Å². The molecule has 3 heteroatoms. The van der Waals surface area contributed by atoms with Crippen molar-refractivity contribution in [2.45, 2.75) is 26.7 Å². The summed E-state index contributed by atoms with van der Waals surface area (Å²) in [5.74, 6) is 1.28. The molecule has 1 N–H and O–H groups in total. The Kier molecular flexibility index (Phi) is 5.59. The van der Waals surface area contributed by atoms with Crippen LogP contribution < -0.4 is 10.1 Å². The van der Waals surface area contributed by atoms with Crippen LogP contribution in [0.2, 0.25) is 0 Å². The SMILES string of the molecule is Cc1cccc(C(=O)NCCOc2ccc(C(C)C)cc2)c1. The summed E-state index contributed by atoms with van der Waals surface area (Å²) in [6.07, 6.45) is 0. The monoisotopic (exact) mass is 297 g/mol. The van der Waals surface area contributed by atoms with E-state index in [-0.39, 0.29) is 5.91 Å². The number of benzene rings is 2. The van der Waals surface area contributed by atoms with Gasteiger partial charge in [0.05, 0.1) is 6.54 Å². The zero-order valence-corrected chi connectivity index (χ0v) is 13.4. The number of hydrogen-bond acceptors (Lipinski definition) is 2. The fourth-order valence-electron chi connectivity index (χ4n) is 2.17. The van der Waals surface area contributed by atoms with Gasteiger partial charge in [0.15, 0.2) is 0 Å². The first-order valence-electron chi connectivity index (χ1n) is 7.64. The molecule has 0 atom stereocenters. The van der Waals surface area contributed by atoms with Gasteiger partial charge in [-0.05, 0) is 42.7 Å². The Balaban J connectivity index is 1.76. The number of carbonyl (C=O) groups is 1. The van der Waals surface area contributed by atoms with Crippen LogP contribution in [0.1, 0.15) is 41.3 Å². The molecule has 0 spiro atoms. The molecular weight excluding hydrogens is 274 g/mol. The maximum atomic E-state index is 12.0. The summed E-state index contributed by atoms with van der Waals surface area (Å²) in [4.78, 5) is 12.0. The van der Waals surface area contributed by atoms with E-state index in [1.807, 2.05) is 43.3 Å².